The van der Waals surface area contributed by atoms with Crippen LogP contribution < -0.4 is 5.32 Å². The summed E-state index contributed by atoms with van der Waals surface area (Å²) in [6.45, 7) is 5.23. The Labute approximate surface area is 136 Å². The largest absolute Gasteiger partial charge is 0.316 e. The lowest BCUT2D eigenvalue weighted by atomic mass is 9.89. The highest BCUT2D eigenvalue weighted by molar-refractivity contribution is 9.10. The van der Waals surface area contributed by atoms with Gasteiger partial charge in [-0.1, -0.05) is 35.3 Å². The predicted octanol–water partition coefficient (Wildman–Crippen LogP) is 4.36. The summed E-state index contributed by atoms with van der Waals surface area (Å²) < 4.78 is 15.2. The van der Waals surface area contributed by atoms with Gasteiger partial charge in [0.25, 0.3) is 0 Å². The van der Waals surface area contributed by atoms with E-state index in [2.05, 4.69) is 40.1 Å². The van der Waals surface area contributed by atoms with Crippen molar-refractivity contribution in [1.82, 2.24) is 10.2 Å². The van der Waals surface area contributed by atoms with Crippen LogP contribution in [-0.2, 0) is 0 Å². The van der Waals surface area contributed by atoms with Crippen LogP contribution in [0.15, 0.2) is 22.7 Å². The van der Waals surface area contributed by atoms with Gasteiger partial charge >= 0.3 is 0 Å². The van der Waals surface area contributed by atoms with E-state index in [0.29, 0.717) is 5.92 Å². The summed E-state index contributed by atoms with van der Waals surface area (Å²) in [5.74, 6) is 0.378. The van der Waals surface area contributed by atoms with Gasteiger partial charge < -0.3 is 5.32 Å². The minimum absolute atomic E-state index is 0.0939. The maximum atomic E-state index is 14.4. The quantitative estimate of drug-likeness (QED) is 0.788. The zero-order valence-electron chi connectivity index (χ0n) is 13.0. The smallest absolute Gasteiger partial charge is 0.129 e. The normalized spacial score (nSPS) is 24.0. The van der Waals surface area contributed by atoms with Crippen molar-refractivity contribution in [3.63, 3.8) is 0 Å². The van der Waals surface area contributed by atoms with Gasteiger partial charge in [-0.05, 0) is 64.0 Å². The molecule has 21 heavy (non-hydrogen) atoms. The molecule has 1 aliphatic heterocycles. The molecule has 2 unspecified atom stereocenters. The van der Waals surface area contributed by atoms with Crippen molar-refractivity contribution in [3.05, 3.63) is 34.1 Å². The number of rotatable bonds is 5. The van der Waals surface area contributed by atoms with Crippen LogP contribution >= 0.6 is 15.9 Å². The van der Waals surface area contributed by atoms with Gasteiger partial charge in [-0.15, -0.1) is 0 Å². The predicted molar refractivity (Wildman–Crippen MR) is 90.0 cm³/mol. The van der Waals surface area contributed by atoms with E-state index in [4.69, 9.17) is 0 Å². The molecule has 118 valence electrons. The van der Waals surface area contributed by atoms with Gasteiger partial charge in [0.05, 0.1) is 0 Å². The SMILES string of the molecule is CCCNCC1CCCCN(C)C1c1ccc(Br)cc1F. The number of hydrogen-bond donors (Lipinski definition) is 1. The van der Waals surface area contributed by atoms with Gasteiger partial charge in [-0.25, -0.2) is 4.39 Å². The zero-order chi connectivity index (χ0) is 15.2. The van der Waals surface area contributed by atoms with E-state index in [-0.39, 0.29) is 11.9 Å². The number of nitrogens with one attached hydrogen (secondary N) is 1. The van der Waals surface area contributed by atoms with Gasteiger partial charge in [-0.3, -0.25) is 4.90 Å². The van der Waals surface area contributed by atoms with Crippen LogP contribution in [0, 0.1) is 11.7 Å². The lowest BCUT2D eigenvalue weighted by molar-refractivity contribution is 0.184. The Bertz CT molecular complexity index is 452. The molecule has 0 saturated carbocycles. The summed E-state index contributed by atoms with van der Waals surface area (Å²) >= 11 is 3.35. The van der Waals surface area contributed by atoms with Crippen LogP contribution in [0.4, 0.5) is 4.39 Å². The fraction of sp³-hybridized carbons (Fsp3) is 0.647. The van der Waals surface area contributed by atoms with E-state index < -0.39 is 0 Å². The third kappa shape index (κ3) is 4.51. The van der Waals surface area contributed by atoms with Crippen molar-refractivity contribution in [2.75, 3.05) is 26.7 Å². The molecule has 0 bridgehead atoms. The van der Waals surface area contributed by atoms with Crippen LogP contribution in [0.25, 0.3) is 0 Å². The summed E-state index contributed by atoms with van der Waals surface area (Å²) in [5, 5.41) is 3.53. The molecule has 1 heterocycles. The third-order valence-corrected chi connectivity index (χ3v) is 4.86. The van der Waals surface area contributed by atoms with Crippen LogP contribution in [0.1, 0.15) is 44.2 Å². The molecule has 4 heteroatoms. The first-order valence-corrected chi connectivity index (χ1v) is 8.78. The zero-order valence-corrected chi connectivity index (χ0v) is 14.6. The lowest BCUT2D eigenvalue weighted by Crippen LogP contribution is -2.35. The average Bonchev–Trinajstić information content (AvgIpc) is 2.62. The lowest BCUT2D eigenvalue weighted by Gasteiger charge is -2.33. The highest BCUT2D eigenvalue weighted by Gasteiger charge is 2.30. The Morgan fingerprint density at radius 2 is 2.19 bits per heavy atom. The van der Waals surface area contributed by atoms with Crippen molar-refractivity contribution in [2.45, 2.75) is 38.6 Å². The van der Waals surface area contributed by atoms with E-state index in [1.807, 2.05) is 12.1 Å². The summed E-state index contributed by atoms with van der Waals surface area (Å²) in [4.78, 5) is 2.33. The fourth-order valence-electron chi connectivity index (χ4n) is 3.34. The van der Waals surface area contributed by atoms with E-state index in [9.17, 15) is 4.39 Å². The molecule has 0 spiro atoms. The van der Waals surface area contributed by atoms with E-state index in [1.165, 1.54) is 19.3 Å². The van der Waals surface area contributed by atoms with Crippen molar-refractivity contribution in [1.29, 1.82) is 0 Å². The van der Waals surface area contributed by atoms with Gasteiger partial charge in [0, 0.05) is 16.1 Å². The van der Waals surface area contributed by atoms with Gasteiger partial charge in [-0.2, -0.15) is 0 Å². The Morgan fingerprint density at radius 1 is 1.38 bits per heavy atom. The summed E-state index contributed by atoms with van der Waals surface area (Å²) in [5.41, 5.74) is 0.839. The highest BCUT2D eigenvalue weighted by atomic mass is 79.9. The Morgan fingerprint density at radius 3 is 2.90 bits per heavy atom. The second kappa shape index (κ2) is 8.25. The Kier molecular flexibility index (Phi) is 6.65. The van der Waals surface area contributed by atoms with E-state index in [1.54, 1.807) is 6.07 Å². The van der Waals surface area contributed by atoms with Gasteiger partial charge in [0.1, 0.15) is 5.82 Å². The average molecular weight is 357 g/mol. The van der Waals surface area contributed by atoms with Gasteiger partial charge in [0.2, 0.25) is 0 Å². The Hall–Kier alpha value is -0.450. The standard InChI is InChI=1S/C17H26BrFN2/c1-3-9-20-12-13-6-4-5-10-21(2)17(13)15-8-7-14(18)11-16(15)19/h7-8,11,13,17,20H,3-6,9-10,12H2,1-2H3. The van der Waals surface area contributed by atoms with Crippen LogP contribution in [0.3, 0.4) is 0 Å². The molecule has 1 saturated heterocycles. The number of nitrogens with zero attached hydrogens (tertiary/aromatic N) is 1. The van der Waals surface area contributed by atoms with Crippen molar-refractivity contribution in [3.8, 4) is 0 Å². The maximum Gasteiger partial charge on any atom is 0.129 e. The monoisotopic (exact) mass is 356 g/mol. The molecule has 2 nitrogen and oxygen atoms in total. The second-order valence-corrected chi connectivity index (χ2v) is 6.97. The number of benzene rings is 1. The van der Waals surface area contributed by atoms with E-state index in [0.717, 1.165) is 36.1 Å². The summed E-state index contributed by atoms with van der Waals surface area (Å²) in [6, 6.07) is 5.65. The van der Waals surface area contributed by atoms with Crippen LogP contribution in [-0.4, -0.2) is 31.6 Å². The highest BCUT2D eigenvalue weighted by Crippen LogP contribution is 2.35. The van der Waals surface area contributed by atoms with Crippen LogP contribution in [0.2, 0.25) is 0 Å². The molecule has 1 aromatic carbocycles. The first-order valence-electron chi connectivity index (χ1n) is 7.99. The molecule has 0 amide bonds. The second-order valence-electron chi connectivity index (χ2n) is 6.05. The first-order chi connectivity index (χ1) is 10.1. The minimum atomic E-state index is -0.0939. The third-order valence-electron chi connectivity index (χ3n) is 4.37. The fourth-order valence-corrected chi connectivity index (χ4v) is 3.67. The molecule has 0 radical (unpaired) electrons. The number of halogens is 2. The van der Waals surface area contributed by atoms with Crippen molar-refractivity contribution in [2.24, 2.45) is 5.92 Å². The molecule has 1 aromatic rings. The topological polar surface area (TPSA) is 15.3 Å². The molecule has 1 fully saturated rings. The van der Waals surface area contributed by atoms with Crippen molar-refractivity contribution < 1.29 is 4.39 Å². The van der Waals surface area contributed by atoms with Crippen molar-refractivity contribution >= 4 is 15.9 Å². The van der Waals surface area contributed by atoms with Gasteiger partial charge in [0.15, 0.2) is 0 Å². The summed E-state index contributed by atoms with van der Waals surface area (Å²) in [6.07, 6.45) is 4.74. The minimum Gasteiger partial charge on any atom is -0.316 e. The number of likely N-dealkylation sites (tertiary alicyclic amines) is 1. The molecule has 2 atom stereocenters. The molecular weight excluding hydrogens is 331 g/mol. The molecular formula is C17H26BrFN2. The molecule has 1 aliphatic rings. The molecule has 1 N–H and O–H groups in total. The number of hydrogen-bond acceptors (Lipinski definition) is 2. The van der Waals surface area contributed by atoms with E-state index >= 15 is 0 Å². The first kappa shape index (κ1) is 16.9. The van der Waals surface area contributed by atoms with Crippen LogP contribution in [0.5, 0.6) is 0 Å². The molecule has 0 aliphatic carbocycles. The Balaban J connectivity index is 2.23. The maximum absolute atomic E-state index is 14.4. The molecule has 0 aromatic heterocycles. The molecule has 2 rings (SSSR count). The summed E-state index contributed by atoms with van der Waals surface area (Å²) in [7, 11) is 2.13.